The number of methoxy groups -OCH3 is 1. The Bertz CT molecular complexity index is 478. The van der Waals surface area contributed by atoms with Crippen LogP contribution in [0.2, 0.25) is 0 Å². The lowest BCUT2D eigenvalue weighted by Gasteiger charge is -2.26. The van der Waals surface area contributed by atoms with Crippen LogP contribution in [0.3, 0.4) is 0 Å². The molecule has 2 rings (SSSR count). The fourth-order valence-corrected chi connectivity index (χ4v) is 2.50. The van der Waals surface area contributed by atoms with E-state index in [2.05, 4.69) is 31.1 Å². The molecule has 1 aliphatic rings. The van der Waals surface area contributed by atoms with Crippen LogP contribution in [0.5, 0.6) is 0 Å². The van der Waals surface area contributed by atoms with Crippen molar-refractivity contribution in [3.63, 3.8) is 0 Å². The molecule has 0 amide bonds. The number of rotatable bonds is 2. The average molecular weight is 262 g/mol. The maximum Gasteiger partial charge on any atom is 0.313 e. The van der Waals surface area contributed by atoms with E-state index in [-0.39, 0.29) is 17.4 Å². The highest BCUT2D eigenvalue weighted by atomic mass is 16.5. The summed E-state index contributed by atoms with van der Waals surface area (Å²) >= 11 is 0. The Hall–Kier alpha value is -1.58. The predicted octanol–water partition coefficient (Wildman–Crippen LogP) is 2.88. The van der Waals surface area contributed by atoms with E-state index in [1.54, 1.807) is 0 Å². The number of hydrogen-bond acceptors (Lipinski definition) is 4. The standard InChI is InChI=1S/C15H22N2O2/c1-15(2,3)17-13-9-8-10-11(14(18)19-4)6-5-7-12(10)16-13/h8-9,11H,5-7H2,1-4H3,(H,16,17). The minimum atomic E-state index is -0.153. The van der Waals surface area contributed by atoms with Gasteiger partial charge in [-0.2, -0.15) is 0 Å². The zero-order valence-corrected chi connectivity index (χ0v) is 12.1. The van der Waals surface area contributed by atoms with Crippen LogP contribution in [0.25, 0.3) is 0 Å². The van der Waals surface area contributed by atoms with Crippen molar-refractivity contribution in [2.45, 2.75) is 51.5 Å². The van der Waals surface area contributed by atoms with E-state index in [9.17, 15) is 4.79 Å². The molecule has 0 saturated carbocycles. The van der Waals surface area contributed by atoms with Gasteiger partial charge in [-0.3, -0.25) is 4.79 Å². The lowest BCUT2D eigenvalue weighted by Crippen LogP contribution is -2.27. The summed E-state index contributed by atoms with van der Waals surface area (Å²) in [6, 6.07) is 3.96. The maximum atomic E-state index is 11.8. The molecule has 0 fully saturated rings. The molecule has 0 aliphatic heterocycles. The fraction of sp³-hybridized carbons (Fsp3) is 0.600. The van der Waals surface area contributed by atoms with Crippen molar-refractivity contribution >= 4 is 11.8 Å². The number of nitrogens with one attached hydrogen (secondary N) is 1. The van der Waals surface area contributed by atoms with Gasteiger partial charge in [-0.15, -0.1) is 0 Å². The highest BCUT2D eigenvalue weighted by molar-refractivity contribution is 5.78. The first-order chi connectivity index (χ1) is 8.90. The number of ether oxygens (including phenoxy) is 1. The summed E-state index contributed by atoms with van der Waals surface area (Å²) in [6.45, 7) is 6.31. The first-order valence-electron chi connectivity index (χ1n) is 6.76. The lowest BCUT2D eigenvalue weighted by molar-refractivity contribution is -0.142. The van der Waals surface area contributed by atoms with Crippen molar-refractivity contribution in [2.75, 3.05) is 12.4 Å². The van der Waals surface area contributed by atoms with Gasteiger partial charge in [-0.05, 0) is 51.7 Å². The van der Waals surface area contributed by atoms with E-state index in [1.165, 1.54) is 7.11 Å². The molecular formula is C15H22N2O2. The number of carbonyl (C=O) groups is 1. The number of carbonyl (C=O) groups excluding carboxylic acids is 1. The second kappa shape index (κ2) is 5.19. The molecule has 0 bridgehead atoms. The molecule has 1 heterocycles. The van der Waals surface area contributed by atoms with Gasteiger partial charge in [0.25, 0.3) is 0 Å². The van der Waals surface area contributed by atoms with Gasteiger partial charge in [-0.1, -0.05) is 6.07 Å². The highest BCUT2D eigenvalue weighted by Crippen LogP contribution is 2.32. The average Bonchev–Trinajstić information content (AvgIpc) is 2.35. The van der Waals surface area contributed by atoms with Crippen molar-refractivity contribution in [2.24, 2.45) is 0 Å². The zero-order chi connectivity index (χ0) is 14.0. The lowest BCUT2D eigenvalue weighted by atomic mass is 9.85. The van der Waals surface area contributed by atoms with Gasteiger partial charge in [0.2, 0.25) is 0 Å². The molecule has 19 heavy (non-hydrogen) atoms. The molecule has 1 aromatic heterocycles. The fourth-order valence-electron chi connectivity index (χ4n) is 2.50. The minimum Gasteiger partial charge on any atom is -0.469 e. The van der Waals surface area contributed by atoms with Gasteiger partial charge in [-0.25, -0.2) is 4.98 Å². The summed E-state index contributed by atoms with van der Waals surface area (Å²) in [4.78, 5) is 16.4. The van der Waals surface area contributed by atoms with Crippen molar-refractivity contribution in [1.82, 2.24) is 4.98 Å². The van der Waals surface area contributed by atoms with Crippen LogP contribution in [0.15, 0.2) is 12.1 Å². The molecule has 0 radical (unpaired) electrons. The predicted molar refractivity (Wildman–Crippen MR) is 75.3 cm³/mol. The van der Waals surface area contributed by atoms with E-state index in [4.69, 9.17) is 4.74 Å². The number of aromatic nitrogens is 1. The molecule has 104 valence electrons. The van der Waals surface area contributed by atoms with Crippen molar-refractivity contribution in [3.05, 3.63) is 23.4 Å². The monoisotopic (exact) mass is 262 g/mol. The summed E-state index contributed by atoms with van der Waals surface area (Å²) in [5.74, 6) is 0.570. The van der Waals surface area contributed by atoms with Crippen LogP contribution >= 0.6 is 0 Å². The van der Waals surface area contributed by atoms with Crippen LogP contribution in [-0.2, 0) is 16.0 Å². The largest absolute Gasteiger partial charge is 0.469 e. The molecule has 1 atom stereocenters. The Balaban J connectivity index is 2.28. The van der Waals surface area contributed by atoms with Gasteiger partial charge in [0.1, 0.15) is 5.82 Å². The Labute approximate surface area is 114 Å². The third kappa shape index (κ3) is 3.25. The molecule has 0 aromatic carbocycles. The zero-order valence-electron chi connectivity index (χ0n) is 12.1. The quantitative estimate of drug-likeness (QED) is 0.833. The van der Waals surface area contributed by atoms with E-state index in [0.29, 0.717) is 0 Å². The Morgan fingerprint density at radius 1 is 1.42 bits per heavy atom. The number of pyridine rings is 1. The molecule has 1 aliphatic carbocycles. The number of aryl methyl sites for hydroxylation is 1. The van der Waals surface area contributed by atoms with Gasteiger partial charge >= 0.3 is 5.97 Å². The molecule has 0 saturated heterocycles. The Morgan fingerprint density at radius 2 is 2.16 bits per heavy atom. The van der Waals surface area contributed by atoms with Crippen molar-refractivity contribution in [3.8, 4) is 0 Å². The van der Waals surface area contributed by atoms with E-state index in [1.807, 2.05) is 12.1 Å². The van der Waals surface area contributed by atoms with Crippen LogP contribution < -0.4 is 5.32 Å². The summed E-state index contributed by atoms with van der Waals surface area (Å²) in [6.07, 6.45) is 2.77. The summed E-state index contributed by atoms with van der Waals surface area (Å²) in [7, 11) is 1.44. The summed E-state index contributed by atoms with van der Waals surface area (Å²) in [5.41, 5.74) is 2.03. The topological polar surface area (TPSA) is 51.2 Å². The van der Waals surface area contributed by atoms with E-state index in [0.717, 1.165) is 36.3 Å². The van der Waals surface area contributed by atoms with Gasteiger partial charge < -0.3 is 10.1 Å². The number of anilines is 1. The normalized spacial score (nSPS) is 18.6. The second-order valence-corrected chi connectivity index (χ2v) is 6.08. The highest BCUT2D eigenvalue weighted by Gasteiger charge is 2.28. The molecule has 1 N–H and O–H groups in total. The third-order valence-corrected chi connectivity index (χ3v) is 3.28. The molecular weight excluding hydrogens is 240 g/mol. The molecule has 0 spiro atoms. The van der Waals surface area contributed by atoms with Crippen molar-refractivity contribution < 1.29 is 9.53 Å². The van der Waals surface area contributed by atoms with Crippen LogP contribution in [-0.4, -0.2) is 23.6 Å². The third-order valence-electron chi connectivity index (χ3n) is 3.28. The summed E-state index contributed by atoms with van der Waals surface area (Å²) in [5, 5.41) is 3.36. The number of esters is 1. The maximum absolute atomic E-state index is 11.8. The smallest absolute Gasteiger partial charge is 0.313 e. The molecule has 1 aromatic rings. The minimum absolute atomic E-state index is 0.0162. The van der Waals surface area contributed by atoms with E-state index >= 15 is 0 Å². The number of nitrogens with zero attached hydrogens (tertiary/aromatic N) is 1. The van der Waals surface area contributed by atoms with E-state index < -0.39 is 0 Å². The second-order valence-electron chi connectivity index (χ2n) is 6.08. The van der Waals surface area contributed by atoms with Crippen LogP contribution in [0.4, 0.5) is 5.82 Å². The Kier molecular flexibility index (Phi) is 3.78. The van der Waals surface area contributed by atoms with Gasteiger partial charge in [0.15, 0.2) is 0 Å². The molecule has 1 unspecified atom stereocenters. The van der Waals surface area contributed by atoms with Crippen molar-refractivity contribution in [1.29, 1.82) is 0 Å². The number of fused-ring (bicyclic) bond motifs is 1. The summed E-state index contributed by atoms with van der Waals surface area (Å²) < 4.78 is 4.88. The van der Waals surface area contributed by atoms with Gasteiger partial charge in [0.05, 0.1) is 13.0 Å². The van der Waals surface area contributed by atoms with Gasteiger partial charge in [0, 0.05) is 11.2 Å². The Morgan fingerprint density at radius 3 is 2.79 bits per heavy atom. The first kappa shape index (κ1) is 13.8. The van der Waals surface area contributed by atoms with Crippen LogP contribution in [0, 0.1) is 0 Å². The molecule has 4 heteroatoms. The SMILES string of the molecule is COC(=O)C1CCCc2nc(NC(C)(C)C)ccc21. The van der Waals surface area contributed by atoms with Crippen LogP contribution in [0.1, 0.15) is 50.8 Å². The number of hydrogen-bond donors (Lipinski definition) is 1. The first-order valence-corrected chi connectivity index (χ1v) is 6.76. The molecule has 4 nitrogen and oxygen atoms in total.